The average Bonchev–Trinajstić information content (AvgIpc) is 2.79. The molecule has 112 valence electrons. The highest BCUT2D eigenvalue weighted by atomic mass is 16.4. The van der Waals surface area contributed by atoms with Crippen LogP contribution >= 0.6 is 0 Å². The maximum absolute atomic E-state index is 11.8. The van der Waals surface area contributed by atoms with E-state index in [9.17, 15) is 9.59 Å². The minimum atomic E-state index is -1.02. The van der Waals surface area contributed by atoms with Gasteiger partial charge in [-0.3, -0.25) is 4.68 Å². The number of amides is 2. The molecule has 20 heavy (non-hydrogen) atoms. The van der Waals surface area contributed by atoms with Gasteiger partial charge in [-0.05, 0) is 25.3 Å². The molecule has 7 heteroatoms. The quantitative estimate of drug-likeness (QED) is 0.697. The fraction of sp³-hybridized carbons (Fsp3) is 0.615. The first-order valence-electron chi connectivity index (χ1n) is 6.65. The number of hydrogen-bond acceptors (Lipinski definition) is 3. The lowest BCUT2D eigenvalue weighted by Crippen LogP contribution is -2.49. The number of carboxylic acids is 1. The Morgan fingerprint density at radius 3 is 2.50 bits per heavy atom. The molecule has 0 aliphatic carbocycles. The topological polar surface area (TPSA) is 96.3 Å². The Balaban J connectivity index is 2.42. The van der Waals surface area contributed by atoms with Gasteiger partial charge >= 0.3 is 12.0 Å². The average molecular weight is 282 g/mol. The molecule has 1 rings (SSSR count). The number of aliphatic carboxylic acids is 1. The Morgan fingerprint density at radius 1 is 1.30 bits per heavy atom. The van der Waals surface area contributed by atoms with E-state index in [2.05, 4.69) is 15.7 Å². The van der Waals surface area contributed by atoms with Crippen molar-refractivity contribution >= 4 is 12.0 Å². The number of hydrogen-bond donors (Lipinski definition) is 3. The summed E-state index contributed by atoms with van der Waals surface area (Å²) >= 11 is 0. The van der Waals surface area contributed by atoms with Crippen molar-refractivity contribution in [2.75, 3.05) is 0 Å². The molecule has 3 N–H and O–H groups in total. The molecule has 0 spiro atoms. The van der Waals surface area contributed by atoms with Crippen LogP contribution in [0.15, 0.2) is 18.5 Å². The Bertz CT molecular complexity index is 431. The molecule has 0 saturated carbocycles. The zero-order valence-electron chi connectivity index (χ0n) is 12.0. The molecule has 0 aliphatic rings. The van der Waals surface area contributed by atoms with E-state index in [0.717, 1.165) is 0 Å². The molecule has 1 aromatic heterocycles. The van der Waals surface area contributed by atoms with Crippen molar-refractivity contribution < 1.29 is 14.7 Å². The maximum Gasteiger partial charge on any atom is 0.326 e. The van der Waals surface area contributed by atoms with Crippen molar-refractivity contribution in [3.8, 4) is 0 Å². The molecular weight excluding hydrogens is 260 g/mol. The number of nitrogens with zero attached hydrogens (tertiary/aromatic N) is 2. The molecule has 2 amide bonds. The summed E-state index contributed by atoms with van der Waals surface area (Å²) in [5.41, 5.74) is 0. The van der Waals surface area contributed by atoms with Crippen LogP contribution in [0.1, 0.15) is 27.2 Å². The van der Waals surface area contributed by atoms with Gasteiger partial charge in [0.1, 0.15) is 6.04 Å². The van der Waals surface area contributed by atoms with Crippen LogP contribution in [0.5, 0.6) is 0 Å². The van der Waals surface area contributed by atoms with Gasteiger partial charge in [-0.2, -0.15) is 5.10 Å². The summed E-state index contributed by atoms with van der Waals surface area (Å²) in [6.45, 7) is 6.19. The number of nitrogens with one attached hydrogen (secondary N) is 2. The van der Waals surface area contributed by atoms with E-state index < -0.39 is 18.0 Å². The Morgan fingerprint density at radius 2 is 2.00 bits per heavy atom. The normalized spacial score (nSPS) is 13.8. The first-order valence-corrected chi connectivity index (χ1v) is 6.65. The van der Waals surface area contributed by atoms with Crippen molar-refractivity contribution in [2.45, 2.75) is 45.8 Å². The fourth-order valence-electron chi connectivity index (χ4n) is 1.85. The standard InChI is InChI=1S/C13H22N4O3/c1-9(2)7-11(12(18)19)16-13(20)15-10(3)8-17-6-4-5-14-17/h4-6,9-11H,7-8H2,1-3H3,(H,18,19)(H2,15,16,20). The SMILES string of the molecule is CC(C)CC(NC(=O)NC(C)Cn1cccn1)C(=O)O. The van der Waals surface area contributed by atoms with Gasteiger partial charge in [0.15, 0.2) is 0 Å². The molecule has 7 nitrogen and oxygen atoms in total. The summed E-state index contributed by atoms with van der Waals surface area (Å²) in [5, 5.41) is 18.3. The number of aromatic nitrogens is 2. The minimum absolute atomic E-state index is 0.150. The number of carbonyl (C=O) groups is 2. The van der Waals surface area contributed by atoms with Gasteiger partial charge in [0.2, 0.25) is 0 Å². The van der Waals surface area contributed by atoms with Crippen LogP contribution in [0.3, 0.4) is 0 Å². The molecule has 0 bridgehead atoms. The lowest BCUT2D eigenvalue weighted by Gasteiger charge is -2.19. The highest BCUT2D eigenvalue weighted by Gasteiger charge is 2.21. The third-order valence-electron chi connectivity index (χ3n) is 2.71. The molecule has 0 aliphatic heterocycles. The van der Waals surface area contributed by atoms with Crippen molar-refractivity contribution in [1.29, 1.82) is 0 Å². The van der Waals surface area contributed by atoms with Crippen molar-refractivity contribution in [3.63, 3.8) is 0 Å². The Kier molecular flexibility index (Phi) is 6.02. The van der Waals surface area contributed by atoms with E-state index >= 15 is 0 Å². The lowest BCUT2D eigenvalue weighted by atomic mass is 10.0. The second-order valence-electron chi connectivity index (χ2n) is 5.27. The molecule has 0 fully saturated rings. The monoisotopic (exact) mass is 282 g/mol. The predicted octanol–water partition coefficient (Wildman–Crippen LogP) is 1.07. The number of carboxylic acid groups (broad SMARTS) is 1. The fourth-order valence-corrected chi connectivity index (χ4v) is 1.85. The molecule has 2 unspecified atom stereocenters. The van der Waals surface area contributed by atoms with E-state index in [4.69, 9.17) is 5.11 Å². The second kappa shape index (κ2) is 7.52. The molecular formula is C13H22N4O3. The van der Waals surface area contributed by atoms with Crippen LogP contribution in [0.25, 0.3) is 0 Å². The molecule has 1 aromatic rings. The van der Waals surface area contributed by atoms with Gasteiger partial charge < -0.3 is 15.7 Å². The molecule has 1 heterocycles. The maximum atomic E-state index is 11.8. The molecule has 2 atom stereocenters. The Hall–Kier alpha value is -2.05. The molecule has 0 saturated heterocycles. The molecule has 0 radical (unpaired) electrons. The highest BCUT2D eigenvalue weighted by molar-refractivity contribution is 5.82. The van der Waals surface area contributed by atoms with Crippen LogP contribution in [0, 0.1) is 5.92 Å². The van der Waals surface area contributed by atoms with Gasteiger partial charge in [-0.1, -0.05) is 13.8 Å². The van der Waals surface area contributed by atoms with E-state index in [1.165, 1.54) is 0 Å². The van der Waals surface area contributed by atoms with E-state index in [1.54, 1.807) is 23.1 Å². The smallest absolute Gasteiger partial charge is 0.326 e. The minimum Gasteiger partial charge on any atom is -0.480 e. The lowest BCUT2D eigenvalue weighted by molar-refractivity contribution is -0.139. The zero-order chi connectivity index (χ0) is 15.1. The summed E-state index contributed by atoms with van der Waals surface area (Å²) in [6, 6.07) is 0.309. The van der Waals surface area contributed by atoms with E-state index in [1.807, 2.05) is 20.8 Å². The van der Waals surface area contributed by atoms with Crippen LogP contribution in [-0.4, -0.2) is 39.0 Å². The van der Waals surface area contributed by atoms with Crippen LogP contribution in [0.2, 0.25) is 0 Å². The third-order valence-corrected chi connectivity index (χ3v) is 2.71. The van der Waals surface area contributed by atoms with Gasteiger partial charge in [0.05, 0.1) is 6.54 Å². The van der Waals surface area contributed by atoms with Gasteiger partial charge in [-0.15, -0.1) is 0 Å². The summed E-state index contributed by atoms with van der Waals surface area (Å²) in [5.74, 6) is -0.827. The Labute approximate surface area is 118 Å². The number of carbonyl (C=O) groups excluding carboxylic acids is 1. The van der Waals surface area contributed by atoms with E-state index in [0.29, 0.717) is 13.0 Å². The van der Waals surface area contributed by atoms with E-state index in [-0.39, 0.29) is 12.0 Å². The third kappa shape index (κ3) is 5.73. The van der Waals surface area contributed by atoms with Crippen LogP contribution < -0.4 is 10.6 Å². The van der Waals surface area contributed by atoms with Crippen molar-refractivity contribution in [1.82, 2.24) is 20.4 Å². The highest BCUT2D eigenvalue weighted by Crippen LogP contribution is 2.04. The first-order chi connectivity index (χ1) is 9.38. The number of rotatable bonds is 7. The van der Waals surface area contributed by atoms with Crippen molar-refractivity contribution in [2.24, 2.45) is 5.92 Å². The largest absolute Gasteiger partial charge is 0.480 e. The predicted molar refractivity (Wildman–Crippen MR) is 74.2 cm³/mol. The van der Waals surface area contributed by atoms with Crippen molar-refractivity contribution in [3.05, 3.63) is 18.5 Å². The summed E-state index contributed by atoms with van der Waals surface area (Å²) in [7, 11) is 0. The summed E-state index contributed by atoms with van der Waals surface area (Å²) < 4.78 is 1.70. The van der Waals surface area contributed by atoms with Gasteiger partial charge in [0.25, 0.3) is 0 Å². The van der Waals surface area contributed by atoms with Crippen LogP contribution in [0.4, 0.5) is 4.79 Å². The number of urea groups is 1. The zero-order valence-corrected chi connectivity index (χ0v) is 12.0. The second-order valence-corrected chi connectivity index (χ2v) is 5.27. The van der Waals surface area contributed by atoms with Crippen LogP contribution in [-0.2, 0) is 11.3 Å². The first kappa shape index (κ1) is 16.0. The van der Waals surface area contributed by atoms with Gasteiger partial charge in [0, 0.05) is 18.4 Å². The summed E-state index contributed by atoms with van der Waals surface area (Å²) in [4.78, 5) is 22.8. The molecule has 0 aromatic carbocycles. The summed E-state index contributed by atoms with van der Waals surface area (Å²) in [6.07, 6.45) is 3.86. The van der Waals surface area contributed by atoms with Gasteiger partial charge in [-0.25, -0.2) is 9.59 Å².